The standard InChI is InChI=1S/C19H22N6O3.C14H26N4O4/c1-20-19(27)16(10-11-17-22-23-24-25(17)12-28-2)21-18(26)15-9-5-7-13-6-3-4-8-14(13)15;1-9(2)6-11(19)17-10(8-16-18-13(15)21)7-12(20)22-14(3,4)5/h3-9,16H,10-12H2,1-2H3,(H,20,27)(H,21,26);8-10H,6-7H2,1-5H3,(H,17,19)(H3,15,18,21)/b;16-8+/t16-;10-/m00/s1. The summed E-state index contributed by atoms with van der Waals surface area (Å²) in [4.78, 5) is 59.4. The second-order valence-corrected chi connectivity index (χ2v) is 12.5. The SMILES string of the molecule is CC(C)CC(=O)N[C@H](/C=N/NC(N)=O)CC(=O)OC(C)(C)C.CNC(=O)[C@H](CCc1nnnn1COC)NC(=O)c1cccc2ccccc12. The van der Waals surface area contributed by atoms with E-state index >= 15 is 0 Å². The largest absolute Gasteiger partial charge is 0.460 e. The van der Waals surface area contributed by atoms with Crippen molar-refractivity contribution in [3.63, 3.8) is 0 Å². The van der Waals surface area contributed by atoms with Gasteiger partial charge in [-0.3, -0.25) is 19.2 Å². The van der Waals surface area contributed by atoms with E-state index in [-0.39, 0.29) is 36.8 Å². The maximum Gasteiger partial charge on any atom is 0.332 e. The molecule has 1 heterocycles. The molecule has 2 atom stereocenters. The number of aryl methyl sites for hydroxylation is 1. The smallest absolute Gasteiger partial charge is 0.332 e. The normalized spacial score (nSPS) is 12.4. The molecule has 0 aliphatic rings. The lowest BCUT2D eigenvalue weighted by Gasteiger charge is -2.21. The Hall–Kier alpha value is -5.45. The molecule has 1 aromatic heterocycles. The van der Waals surface area contributed by atoms with E-state index < -0.39 is 29.7 Å². The Balaban J connectivity index is 0.000000359. The highest BCUT2D eigenvalue weighted by atomic mass is 16.6. The monoisotopic (exact) mass is 696 g/mol. The summed E-state index contributed by atoms with van der Waals surface area (Å²) in [5.41, 5.74) is 6.81. The Labute approximate surface area is 291 Å². The Morgan fingerprint density at radius 1 is 1.02 bits per heavy atom. The molecule has 3 rings (SSSR count). The van der Waals surface area contributed by atoms with Gasteiger partial charge in [0.1, 0.15) is 18.4 Å². The van der Waals surface area contributed by atoms with Crippen molar-refractivity contribution in [1.29, 1.82) is 0 Å². The summed E-state index contributed by atoms with van der Waals surface area (Å²) < 4.78 is 11.7. The zero-order valence-corrected chi connectivity index (χ0v) is 29.6. The number of ether oxygens (including phenoxy) is 2. The van der Waals surface area contributed by atoms with Crippen molar-refractivity contribution in [2.75, 3.05) is 14.2 Å². The molecule has 0 aliphatic heterocycles. The van der Waals surface area contributed by atoms with Crippen molar-refractivity contribution in [3.8, 4) is 0 Å². The van der Waals surface area contributed by atoms with Crippen molar-refractivity contribution in [2.24, 2.45) is 16.8 Å². The number of hydrogen-bond donors (Lipinski definition) is 5. The summed E-state index contributed by atoms with van der Waals surface area (Å²) in [6.45, 7) is 9.28. The highest BCUT2D eigenvalue weighted by Crippen LogP contribution is 2.19. The molecule has 2 aromatic carbocycles. The van der Waals surface area contributed by atoms with Crippen LogP contribution in [-0.4, -0.2) is 88.0 Å². The number of fused-ring (bicyclic) bond motifs is 1. The summed E-state index contributed by atoms with van der Waals surface area (Å²) in [5, 5.41) is 24.9. The molecule has 0 radical (unpaired) electrons. The number of hydrazone groups is 1. The molecule has 17 nitrogen and oxygen atoms in total. The summed E-state index contributed by atoms with van der Waals surface area (Å²) in [6.07, 6.45) is 2.23. The molecule has 17 heteroatoms. The third-order valence-electron chi connectivity index (χ3n) is 6.59. The zero-order chi connectivity index (χ0) is 37.3. The number of esters is 1. The number of methoxy groups -OCH3 is 1. The summed E-state index contributed by atoms with van der Waals surface area (Å²) in [6, 6.07) is 10.9. The number of rotatable bonds is 15. The lowest BCUT2D eigenvalue weighted by Crippen LogP contribution is -2.46. The van der Waals surface area contributed by atoms with Crippen molar-refractivity contribution in [2.45, 2.75) is 84.7 Å². The van der Waals surface area contributed by atoms with Crippen LogP contribution in [0, 0.1) is 5.92 Å². The number of amides is 5. The fourth-order valence-corrected chi connectivity index (χ4v) is 4.53. The maximum atomic E-state index is 12.9. The van der Waals surface area contributed by atoms with E-state index in [1.807, 2.05) is 55.7 Å². The van der Waals surface area contributed by atoms with Gasteiger partial charge in [-0.15, -0.1) is 5.10 Å². The van der Waals surface area contributed by atoms with Crippen LogP contribution in [0.2, 0.25) is 0 Å². The van der Waals surface area contributed by atoms with Gasteiger partial charge in [0, 0.05) is 38.8 Å². The number of aromatic nitrogens is 4. The fourth-order valence-electron chi connectivity index (χ4n) is 4.53. The lowest BCUT2D eigenvalue weighted by atomic mass is 10.0. The Kier molecular flexibility index (Phi) is 16.4. The van der Waals surface area contributed by atoms with Gasteiger partial charge in [-0.1, -0.05) is 50.2 Å². The van der Waals surface area contributed by atoms with Gasteiger partial charge in [0.05, 0.1) is 12.5 Å². The van der Waals surface area contributed by atoms with E-state index in [4.69, 9.17) is 15.2 Å². The van der Waals surface area contributed by atoms with Crippen molar-refractivity contribution >= 4 is 46.7 Å². The van der Waals surface area contributed by atoms with Crippen molar-refractivity contribution in [1.82, 2.24) is 41.6 Å². The van der Waals surface area contributed by atoms with Gasteiger partial charge < -0.3 is 31.2 Å². The lowest BCUT2D eigenvalue weighted by molar-refractivity contribution is -0.155. The molecule has 0 unspecified atom stereocenters. The van der Waals surface area contributed by atoms with Crippen LogP contribution in [0.5, 0.6) is 0 Å². The number of nitrogens with two attached hydrogens (primary N) is 1. The van der Waals surface area contributed by atoms with Crippen LogP contribution in [0.15, 0.2) is 47.6 Å². The number of carbonyl (C=O) groups is 5. The van der Waals surface area contributed by atoms with Gasteiger partial charge in [0.2, 0.25) is 11.8 Å². The van der Waals surface area contributed by atoms with E-state index in [2.05, 4.69) is 36.6 Å². The molecule has 0 bridgehead atoms. The molecule has 5 amide bonds. The summed E-state index contributed by atoms with van der Waals surface area (Å²) in [5.74, 6) is -0.513. The maximum absolute atomic E-state index is 12.9. The van der Waals surface area contributed by atoms with Crippen LogP contribution < -0.4 is 27.1 Å². The van der Waals surface area contributed by atoms with Crippen LogP contribution in [0.1, 0.15) is 70.1 Å². The van der Waals surface area contributed by atoms with Crippen LogP contribution in [-0.2, 0) is 37.0 Å². The molecule has 6 N–H and O–H groups in total. The summed E-state index contributed by atoms with van der Waals surface area (Å²) >= 11 is 0. The minimum atomic E-state index is -0.833. The molecule has 0 saturated carbocycles. The number of benzene rings is 2. The Morgan fingerprint density at radius 3 is 2.36 bits per heavy atom. The highest BCUT2D eigenvalue weighted by Gasteiger charge is 2.23. The molecular formula is C33H48N10O7. The van der Waals surface area contributed by atoms with Crippen LogP contribution in [0.25, 0.3) is 10.8 Å². The predicted molar refractivity (Wildman–Crippen MR) is 185 cm³/mol. The third-order valence-corrected chi connectivity index (χ3v) is 6.59. The minimum absolute atomic E-state index is 0.0922. The van der Waals surface area contributed by atoms with Gasteiger partial charge in [-0.25, -0.2) is 14.9 Å². The molecule has 3 aromatic rings. The zero-order valence-electron chi connectivity index (χ0n) is 29.6. The Bertz CT molecular complexity index is 1610. The number of carbonyl (C=O) groups excluding carboxylic acids is 5. The first-order valence-corrected chi connectivity index (χ1v) is 16.0. The summed E-state index contributed by atoms with van der Waals surface area (Å²) in [7, 11) is 3.08. The number of hydrogen-bond acceptors (Lipinski definition) is 11. The first kappa shape index (κ1) is 40.7. The first-order chi connectivity index (χ1) is 23.6. The number of primary amides is 1. The van der Waals surface area contributed by atoms with Gasteiger partial charge in [0.25, 0.3) is 5.91 Å². The number of likely N-dealkylation sites (N-methyl/N-ethyl adjacent to an activating group) is 1. The number of nitrogens with zero attached hydrogens (tertiary/aromatic N) is 5. The van der Waals surface area contributed by atoms with Gasteiger partial charge in [-0.05, 0) is 60.4 Å². The quantitative estimate of drug-likeness (QED) is 0.0878. The molecular weight excluding hydrogens is 648 g/mol. The van der Waals surface area contributed by atoms with Crippen molar-refractivity contribution < 1.29 is 33.4 Å². The van der Waals surface area contributed by atoms with Gasteiger partial charge in [0.15, 0.2) is 5.82 Å². The van der Waals surface area contributed by atoms with E-state index in [0.717, 1.165) is 10.8 Å². The minimum Gasteiger partial charge on any atom is -0.460 e. The van der Waals surface area contributed by atoms with E-state index in [0.29, 0.717) is 30.7 Å². The number of tetrazole rings is 1. The molecule has 0 fully saturated rings. The van der Waals surface area contributed by atoms with Crippen LogP contribution >= 0.6 is 0 Å². The average molecular weight is 697 g/mol. The number of nitrogens with one attached hydrogen (secondary N) is 4. The van der Waals surface area contributed by atoms with Crippen molar-refractivity contribution in [3.05, 3.63) is 53.9 Å². The average Bonchev–Trinajstić information content (AvgIpc) is 3.48. The topological polar surface area (TPSA) is 234 Å². The van der Waals surface area contributed by atoms with Gasteiger partial charge in [-0.2, -0.15) is 5.10 Å². The third kappa shape index (κ3) is 14.8. The molecule has 0 spiro atoms. The Morgan fingerprint density at radius 2 is 1.72 bits per heavy atom. The van der Waals surface area contributed by atoms with E-state index in [1.54, 1.807) is 33.9 Å². The second kappa shape index (κ2) is 20.2. The van der Waals surface area contributed by atoms with E-state index in [9.17, 15) is 24.0 Å². The second-order valence-electron chi connectivity index (χ2n) is 12.5. The first-order valence-electron chi connectivity index (χ1n) is 16.0. The number of urea groups is 1. The van der Waals surface area contributed by atoms with Crippen LogP contribution in [0.4, 0.5) is 4.79 Å². The van der Waals surface area contributed by atoms with Gasteiger partial charge >= 0.3 is 12.0 Å². The molecule has 50 heavy (non-hydrogen) atoms. The predicted octanol–water partition coefficient (Wildman–Crippen LogP) is 1.81. The fraction of sp³-hybridized carbons (Fsp3) is 0.485. The molecule has 0 saturated heterocycles. The van der Waals surface area contributed by atoms with Crippen LogP contribution in [0.3, 0.4) is 0 Å². The molecule has 272 valence electrons. The molecule has 0 aliphatic carbocycles. The van der Waals surface area contributed by atoms with E-state index in [1.165, 1.54) is 17.9 Å². The highest BCUT2D eigenvalue weighted by molar-refractivity contribution is 6.08.